The lowest BCUT2D eigenvalue weighted by Crippen LogP contribution is -2.38. The van der Waals surface area contributed by atoms with Crippen LogP contribution in [0.2, 0.25) is 0 Å². The first kappa shape index (κ1) is 13.5. The zero-order valence-corrected chi connectivity index (χ0v) is 11.1. The van der Waals surface area contributed by atoms with E-state index in [-0.39, 0.29) is 11.8 Å². The van der Waals surface area contributed by atoms with E-state index in [9.17, 15) is 9.59 Å². The van der Waals surface area contributed by atoms with Crippen molar-refractivity contribution in [2.24, 2.45) is 16.9 Å². The van der Waals surface area contributed by atoms with Crippen molar-refractivity contribution in [1.29, 1.82) is 0 Å². The van der Waals surface area contributed by atoms with E-state index >= 15 is 0 Å². The second kappa shape index (κ2) is 5.01. The van der Waals surface area contributed by atoms with Crippen LogP contribution in [0.5, 0.6) is 0 Å². The topological polar surface area (TPSA) is 89.4 Å². The van der Waals surface area contributed by atoms with Gasteiger partial charge in [-0.3, -0.25) is 9.59 Å². The highest BCUT2D eigenvalue weighted by Gasteiger charge is 2.40. The van der Waals surface area contributed by atoms with Crippen LogP contribution in [0.1, 0.15) is 29.3 Å². The molecule has 5 heteroatoms. The van der Waals surface area contributed by atoms with E-state index in [1.165, 1.54) is 0 Å². The summed E-state index contributed by atoms with van der Waals surface area (Å²) in [5, 5.41) is 0. The molecule has 1 aliphatic heterocycles. The van der Waals surface area contributed by atoms with Crippen LogP contribution in [0.25, 0.3) is 0 Å². The molecule has 0 saturated carbocycles. The third kappa shape index (κ3) is 2.61. The maximum absolute atomic E-state index is 12.4. The monoisotopic (exact) mass is 261 g/mol. The fourth-order valence-electron chi connectivity index (χ4n) is 2.35. The molecule has 1 aliphatic rings. The number of primary amides is 1. The van der Waals surface area contributed by atoms with Gasteiger partial charge >= 0.3 is 0 Å². The predicted molar refractivity (Wildman–Crippen MR) is 72.2 cm³/mol. The van der Waals surface area contributed by atoms with E-state index in [0.29, 0.717) is 31.6 Å². The standard InChI is InChI=1S/C14H19N3O2/c1-14(13(16)19)5-6-17(9-14)12(18)11-4-2-3-10(7-11)8-15/h2-4,7H,5-6,8-9,15H2,1H3,(H2,16,19). The number of amides is 2. The first-order chi connectivity index (χ1) is 8.96. The summed E-state index contributed by atoms with van der Waals surface area (Å²) in [7, 11) is 0. The van der Waals surface area contributed by atoms with Gasteiger partial charge in [0.2, 0.25) is 5.91 Å². The summed E-state index contributed by atoms with van der Waals surface area (Å²) in [5.74, 6) is -0.418. The predicted octanol–water partition coefficient (Wildman–Crippen LogP) is 0.483. The molecule has 1 fully saturated rings. The van der Waals surface area contributed by atoms with Crippen LogP contribution >= 0.6 is 0 Å². The molecule has 1 unspecified atom stereocenters. The molecular formula is C14H19N3O2. The Morgan fingerprint density at radius 3 is 2.74 bits per heavy atom. The smallest absolute Gasteiger partial charge is 0.253 e. The van der Waals surface area contributed by atoms with Gasteiger partial charge in [-0.25, -0.2) is 0 Å². The maximum atomic E-state index is 12.4. The fourth-order valence-corrected chi connectivity index (χ4v) is 2.35. The van der Waals surface area contributed by atoms with Gasteiger partial charge in [0.15, 0.2) is 0 Å². The van der Waals surface area contributed by atoms with Gasteiger partial charge < -0.3 is 16.4 Å². The molecule has 0 bridgehead atoms. The van der Waals surface area contributed by atoms with Crippen LogP contribution in [0.3, 0.4) is 0 Å². The molecule has 2 amide bonds. The molecule has 1 aromatic carbocycles. The highest BCUT2D eigenvalue weighted by atomic mass is 16.2. The Morgan fingerprint density at radius 1 is 1.42 bits per heavy atom. The Hall–Kier alpha value is -1.88. The Labute approximate surface area is 112 Å². The lowest BCUT2D eigenvalue weighted by atomic mass is 9.89. The minimum absolute atomic E-state index is 0.0692. The molecule has 0 aliphatic carbocycles. The van der Waals surface area contributed by atoms with Gasteiger partial charge in [-0.05, 0) is 31.0 Å². The number of carbonyl (C=O) groups is 2. The molecule has 102 valence electrons. The van der Waals surface area contributed by atoms with E-state index in [4.69, 9.17) is 11.5 Å². The summed E-state index contributed by atoms with van der Waals surface area (Å²) in [6.45, 7) is 3.15. The SMILES string of the molecule is CC1(C(N)=O)CCN(C(=O)c2cccc(CN)c2)C1. The number of hydrogen-bond acceptors (Lipinski definition) is 3. The van der Waals surface area contributed by atoms with Gasteiger partial charge in [-0.1, -0.05) is 12.1 Å². The van der Waals surface area contributed by atoms with Gasteiger partial charge in [0.1, 0.15) is 0 Å². The molecule has 0 aromatic heterocycles. The van der Waals surface area contributed by atoms with E-state index in [1.54, 1.807) is 24.0 Å². The molecule has 5 nitrogen and oxygen atoms in total. The molecular weight excluding hydrogens is 242 g/mol. The lowest BCUT2D eigenvalue weighted by molar-refractivity contribution is -0.126. The second-order valence-electron chi connectivity index (χ2n) is 5.31. The summed E-state index contributed by atoms with van der Waals surface area (Å²) >= 11 is 0. The van der Waals surface area contributed by atoms with Crippen LogP contribution in [0.15, 0.2) is 24.3 Å². The van der Waals surface area contributed by atoms with Gasteiger partial charge in [0.05, 0.1) is 5.41 Å². The summed E-state index contributed by atoms with van der Waals surface area (Å²) in [6, 6.07) is 7.26. The quantitative estimate of drug-likeness (QED) is 0.829. The first-order valence-electron chi connectivity index (χ1n) is 6.34. The van der Waals surface area contributed by atoms with Gasteiger partial charge in [0, 0.05) is 25.2 Å². The average Bonchev–Trinajstić information content (AvgIpc) is 2.82. The zero-order valence-electron chi connectivity index (χ0n) is 11.1. The van der Waals surface area contributed by atoms with Crippen molar-refractivity contribution in [3.05, 3.63) is 35.4 Å². The summed E-state index contributed by atoms with van der Waals surface area (Å²) in [6.07, 6.45) is 0.616. The highest BCUT2D eigenvalue weighted by Crippen LogP contribution is 2.30. The molecule has 0 radical (unpaired) electrons. The van der Waals surface area contributed by atoms with Crippen molar-refractivity contribution in [3.63, 3.8) is 0 Å². The number of benzene rings is 1. The van der Waals surface area contributed by atoms with E-state index < -0.39 is 5.41 Å². The average molecular weight is 261 g/mol. The van der Waals surface area contributed by atoms with E-state index in [1.807, 2.05) is 12.1 Å². The van der Waals surface area contributed by atoms with Gasteiger partial charge in [0.25, 0.3) is 5.91 Å². The molecule has 1 saturated heterocycles. The van der Waals surface area contributed by atoms with Crippen LogP contribution in [-0.2, 0) is 11.3 Å². The van der Waals surface area contributed by atoms with Crippen molar-refractivity contribution >= 4 is 11.8 Å². The van der Waals surface area contributed by atoms with Crippen LogP contribution in [0, 0.1) is 5.41 Å². The largest absolute Gasteiger partial charge is 0.369 e. The minimum atomic E-state index is -0.610. The van der Waals surface area contributed by atoms with Crippen LogP contribution in [0.4, 0.5) is 0 Å². The van der Waals surface area contributed by atoms with Gasteiger partial charge in [-0.2, -0.15) is 0 Å². The van der Waals surface area contributed by atoms with Crippen LogP contribution in [-0.4, -0.2) is 29.8 Å². The van der Waals surface area contributed by atoms with Crippen molar-refractivity contribution in [1.82, 2.24) is 4.90 Å². The summed E-state index contributed by atoms with van der Waals surface area (Å²) in [4.78, 5) is 25.4. The Kier molecular flexibility index (Phi) is 3.57. The normalized spacial score (nSPS) is 22.5. The van der Waals surface area contributed by atoms with Crippen molar-refractivity contribution < 1.29 is 9.59 Å². The molecule has 1 heterocycles. The zero-order chi connectivity index (χ0) is 14.0. The van der Waals surface area contributed by atoms with Crippen molar-refractivity contribution in [3.8, 4) is 0 Å². The number of rotatable bonds is 3. The molecule has 19 heavy (non-hydrogen) atoms. The minimum Gasteiger partial charge on any atom is -0.369 e. The Morgan fingerprint density at radius 2 is 2.16 bits per heavy atom. The lowest BCUT2D eigenvalue weighted by Gasteiger charge is -2.21. The van der Waals surface area contributed by atoms with Gasteiger partial charge in [-0.15, -0.1) is 0 Å². The number of carbonyl (C=O) groups excluding carboxylic acids is 2. The third-order valence-electron chi connectivity index (χ3n) is 3.77. The molecule has 1 atom stereocenters. The molecule has 1 aromatic rings. The summed E-state index contributed by atoms with van der Waals surface area (Å²) in [5.41, 5.74) is 11.9. The number of nitrogens with zero attached hydrogens (tertiary/aromatic N) is 1. The molecule has 2 rings (SSSR count). The second-order valence-corrected chi connectivity index (χ2v) is 5.31. The Bertz CT molecular complexity index is 515. The number of hydrogen-bond donors (Lipinski definition) is 2. The number of likely N-dealkylation sites (tertiary alicyclic amines) is 1. The molecule has 4 N–H and O–H groups in total. The van der Waals surface area contributed by atoms with Crippen molar-refractivity contribution in [2.75, 3.05) is 13.1 Å². The van der Waals surface area contributed by atoms with E-state index in [2.05, 4.69) is 0 Å². The molecule has 0 spiro atoms. The number of nitrogens with two attached hydrogens (primary N) is 2. The first-order valence-corrected chi connectivity index (χ1v) is 6.34. The van der Waals surface area contributed by atoms with Crippen molar-refractivity contribution in [2.45, 2.75) is 19.9 Å². The van der Waals surface area contributed by atoms with E-state index in [0.717, 1.165) is 5.56 Å². The third-order valence-corrected chi connectivity index (χ3v) is 3.77. The maximum Gasteiger partial charge on any atom is 0.253 e. The fraction of sp³-hybridized carbons (Fsp3) is 0.429. The Balaban J connectivity index is 2.15. The highest BCUT2D eigenvalue weighted by molar-refractivity contribution is 5.95. The summed E-state index contributed by atoms with van der Waals surface area (Å²) < 4.78 is 0. The van der Waals surface area contributed by atoms with Crippen LogP contribution < -0.4 is 11.5 Å².